The van der Waals surface area contributed by atoms with Gasteiger partial charge in [0.05, 0.1) is 12.2 Å². The topological polar surface area (TPSA) is 59.1 Å². The van der Waals surface area contributed by atoms with Gasteiger partial charge in [-0.3, -0.25) is 9.59 Å². The maximum absolute atomic E-state index is 13.8. The van der Waals surface area contributed by atoms with Crippen LogP contribution in [-0.2, 0) is 0 Å². The molecule has 6 nitrogen and oxygen atoms in total. The summed E-state index contributed by atoms with van der Waals surface area (Å²) in [6.07, 6.45) is 0.0885. The van der Waals surface area contributed by atoms with Crippen molar-refractivity contribution in [2.24, 2.45) is 0 Å². The highest BCUT2D eigenvalue weighted by Crippen LogP contribution is 2.23. The molecule has 0 saturated carbocycles. The van der Waals surface area contributed by atoms with Crippen LogP contribution < -0.4 is 19.3 Å². The fourth-order valence-electron chi connectivity index (χ4n) is 4.32. The number of ether oxygens (including phenoxy) is 2. The molecule has 0 bridgehead atoms. The van der Waals surface area contributed by atoms with Gasteiger partial charge in [0.1, 0.15) is 11.5 Å². The van der Waals surface area contributed by atoms with E-state index in [2.05, 4.69) is 0 Å². The molecule has 0 atom stereocenters. The number of benzene rings is 4. The number of amides is 2. The lowest BCUT2D eigenvalue weighted by Gasteiger charge is -2.28. The van der Waals surface area contributed by atoms with E-state index in [1.54, 1.807) is 34.1 Å². The molecule has 0 saturated heterocycles. The second-order valence-electron chi connectivity index (χ2n) is 9.97. The van der Waals surface area contributed by atoms with Gasteiger partial charge in [-0.15, -0.1) is 0 Å². The van der Waals surface area contributed by atoms with Crippen LogP contribution >= 0.6 is 0 Å². The van der Waals surface area contributed by atoms with Crippen LogP contribution in [0, 0.1) is 0 Å². The summed E-state index contributed by atoms with van der Waals surface area (Å²) in [5, 5.41) is 0. The molecule has 0 aliphatic rings. The third-order valence-electron chi connectivity index (χ3n) is 6.12. The molecule has 40 heavy (non-hydrogen) atoms. The molecule has 0 aliphatic heterocycles. The summed E-state index contributed by atoms with van der Waals surface area (Å²) in [5.74, 6) is 1.11. The predicted octanol–water partition coefficient (Wildman–Crippen LogP) is 7.25. The molecule has 206 valence electrons. The SMILES string of the molecule is CC(C)Oc1ccc(C(=O)N(CCN(C(=O)c2ccc(OC(C)C)cc2)c2ccccc2)c2ccccc2)cc1. The van der Waals surface area contributed by atoms with Crippen LogP contribution in [0.4, 0.5) is 11.4 Å². The van der Waals surface area contributed by atoms with Crippen LogP contribution in [0.25, 0.3) is 0 Å². The highest BCUT2D eigenvalue weighted by atomic mass is 16.5. The standard InChI is InChI=1S/C34H36N2O4/c1-25(2)39-31-19-15-27(16-20-31)33(37)35(29-11-7-5-8-12-29)23-24-36(30-13-9-6-10-14-30)34(38)28-17-21-32(22-18-28)40-26(3)4/h5-22,25-26H,23-24H2,1-4H3. The zero-order valence-electron chi connectivity index (χ0n) is 23.5. The van der Waals surface area contributed by atoms with Crippen molar-refractivity contribution in [2.45, 2.75) is 39.9 Å². The van der Waals surface area contributed by atoms with Crippen LogP contribution in [0.15, 0.2) is 109 Å². The Morgan fingerprint density at radius 3 is 1.15 bits per heavy atom. The first-order chi connectivity index (χ1) is 19.3. The van der Waals surface area contributed by atoms with E-state index in [1.165, 1.54) is 0 Å². The maximum Gasteiger partial charge on any atom is 0.258 e. The zero-order valence-corrected chi connectivity index (χ0v) is 23.5. The van der Waals surface area contributed by atoms with E-state index >= 15 is 0 Å². The average molecular weight is 537 g/mol. The van der Waals surface area contributed by atoms with E-state index in [0.717, 1.165) is 11.4 Å². The molecule has 6 heteroatoms. The Bertz CT molecular complexity index is 1260. The van der Waals surface area contributed by atoms with Crippen molar-refractivity contribution >= 4 is 23.2 Å². The molecule has 0 aliphatic carbocycles. The molecule has 2 amide bonds. The van der Waals surface area contributed by atoms with E-state index in [0.29, 0.717) is 35.7 Å². The predicted molar refractivity (Wildman–Crippen MR) is 161 cm³/mol. The summed E-state index contributed by atoms with van der Waals surface area (Å²) < 4.78 is 11.5. The lowest BCUT2D eigenvalue weighted by molar-refractivity contribution is 0.0968. The quantitative estimate of drug-likeness (QED) is 0.203. The van der Waals surface area contributed by atoms with Gasteiger partial charge in [-0.25, -0.2) is 0 Å². The fourth-order valence-corrected chi connectivity index (χ4v) is 4.32. The molecule has 0 aromatic heterocycles. The molecule has 4 aromatic carbocycles. The Labute approximate surface area is 236 Å². The highest BCUT2D eigenvalue weighted by Gasteiger charge is 2.23. The molecule has 0 heterocycles. The summed E-state index contributed by atoms with van der Waals surface area (Å²) in [5.41, 5.74) is 2.59. The van der Waals surface area contributed by atoms with E-state index in [-0.39, 0.29) is 24.0 Å². The molecule has 0 fully saturated rings. The van der Waals surface area contributed by atoms with Crippen LogP contribution in [0.2, 0.25) is 0 Å². The number of anilines is 2. The molecule has 0 spiro atoms. The maximum atomic E-state index is 13.8. The van der Waals surface area contributed by atoms with Gasteiger partial charge in [0.25, 0.3) is 11.8 Å². The molecule has 4 aromatic rings. The summed E-state index contributed by atoms with van der Waals surface area (Å²) in [6.45, 7) is 8.44. The first kappa shape index (κ1) is 28.4. The van der Waals surface area contributed by atoms with Crippen LogP contribution in [0.3, 0.4) is 0 Å². The molecular formula is C34H36N2O4. The van der Waals surface area contributed by atoms with Gasteiger partial charge in [-0.05, 0) is 100 Å². The van der Waals surface area contributed by atoms with Crippen molar-refractivity contribution in [1.82, 2.24) is 0 Å². The summed E-state index contributed by atoms with van der Waals surface area (Å²) in [4.78, 5) is 30.9. The van der Waals surface area contributed by atoms with Crippen molar-refractivity contribution < 1.29 is 19.1 Å². The number of hydrogen-bond acceptors (Lipinski definition) is 4. The third kappa shape index (κ3) is 7.50. The zero-order chi connectivity index (χ0) is 28.5. The minimum atomic E-state index is -0.155. The Kier molecular flexibility index (Phi) is 9.57. The van der Waals surface area contributed by atoms with Crippen molar-refractivity contribution in [3.05, 3.63) is 120 Å². The second-order valence-corrected chi connectivity index (χ2v) is 9.97. The number of nitrogens with zero attached hydrogens (tertiary/aromatic N) is 2. The van der Waals surface area contributed by atoms with Crippen LogP contribution in [0.5, 0.6) is 11.5 Å². The second kappa shape index (κ2) is 13.5. The number of carbonyl (C=O) groups excluding carboxylic acids is 2. The van der Waals surface area contributed by atoms with Crippen molar-refractivity contribution in [2.75, 3.05) is 22.9 Å². The van der Waals surface area contributed by atoms with Gasteiger partial charge < -0.3 is 19.3 Å². The summed E-state index contributed by atoms with van der Waals surface area (Å²) in [7, 11) is 0. The average Bonchev–Trinajstić information content (AvgIpc) is 2.96. The number of para-hydroxylation sites is 2. The van der Waals surface area contributed by atoms with Crippen LogP contribution in [-0.4, -0.2) is 37.1 Å². The highest BCUT2D eigenvalue weighted by molar-refractivity contribution is 6.08. The number of hydrogen-bond donors (Lipinski definition) is 0. The minimum Gasteiger partial charge on any atom is -0.491 e. The summed E-state index contributed by atoms with van der Waals surface area (Å²) >= 11 is 0. The molecule has 4 rings (SSSR count). The van der Waals surface area contributed by atoms with E-state index < -0.39 is 0 Å². The van der Waals surface area contributed by atoms with Crippen molar-refractivity contribution in [3.8, 4) is 11.5 Å². The molecule has 0 N–H and O–H groups in total. The Morgan fingerprint density at radius 2 is 0.850 bits per heavy atom. The molecular weight excluding hydrogens is 500 g/mol. The Hall–Kier alpha value is -4.58. The van der Waals surface area contributed by atoms with Gasteiger partial charge >= 0.3 is 0 Å². The largest absolute Gasteiger partial charge is 0.491 e. The van der Waals surface area contributed by atoms with Gasteiger partial charge in [0.15, 0.2) is 0 Å². The Balaban J connectivity index is 1.60. The monoisotopic (exact) mass is 536 g/mol. The van der Waals surface area contributed by atoms with Gasteiger partial charge in [-0.2, -0.15) is 0 Å². The van der Waals surface area contributed by atoms with Gasteiger partial charge in [0, 0.05) is 35.6 Å². The smallest absolute Gasteiger partial charge is 0.258 e. The number of carbonyl (C=O) groups is 2. The fraction of sp³-hybridized carbons (Fsp3) is 0.235. The molecule has 0 radical (unpaired) electrons. The van der Waals surface area contributed by atoms with E-state index in [4.69, 9.17) is 9.47 Å². The minimum absolute atomic E-state index is 0.0443. The first-order valence-corrected chi connectivity index (χ1v) is 13.6. The lowest BCUT2D eigenvalue weighted by Crippen LogP contribution is -2.41. The van der Waals surface area contributed by atoms with Crippen molar-refractivity contribution in [1.29, 1.82) is 0 Å². The van der Waals surface area contributed by atoms with E-state index in [1.807, 2.05) is 113 Å². The van der Waals surface area contributed by atoms with E-state index in [9.17, 15) is 9.59 Å². The van der Waals surface area contributed by atoms with Gasteiger partial charge in [-0.1, -0.05) is 36.4 Å². The van der Waals surface area contributed by atoms with Crippen LogP contribution in [0.1, 0.15) is 48.4 Å². The lowest BCUT2D eigenvalue weighted by atomic mass is 10.1. The normalized spacial score (nSPS) is 10.8. The van der Waals surface area contributed by atoms with Gasteiger partial charge in [0.2, 0.25) is 0 Å². The molecule has 0 unspecified atom stereocenters. The third-order valence-corrected chi connectivity index (χ3v) is 6.12. The number of rotatable bonds is 11. The first-order valence-electron chi connectivity index (χ1n) is 13.6. The van der Waals surface area contributed by atoms with Crippen molar-refractivity contribution in [3.63, 3.8) is 0 Å². The summed E-state index contributed by atoms with van der Waals surface area (Å²) in [6, 6.07) is 33.4. The Morgan fingerprint density at radius 1 is 0.525 bits per heavy atom.